The number of carbonyl (C=O) groups is 1. The van der Waals surface area contributed by atoms with Gasteiger partial charge in [-0.2, -0.15) is 10.1 Å². The van der Waals surface area contributed by atoms with Gasteiger partial charge in [-0.3, -0.25) is 4.79 Å². The molecule has 1 aliphatic heterocycles. The van der Waals surface area contributed by atoms with E-state index in [1.807, 2.05) is 27.8 Å². The van der Waals surface area contributed by atoms with Gasteiger partial charge < -0.3 is 39.7 Å². The minimum atomic E-state index is 0.0867. The molecule has 14 nitrogen and oxygen atoms in total. The Morgan fingerprint density at radius 1 is 0.896 bits per heavy atom. The molecule has 0 atom stereocenters. The first-order chi connectivity index (χ1) is 23.5. The molecule has 1 amide bonds. The molecule has 1 aliphatic rings. The summed E-state index contributed by atoms with van der Waals surface area (Å²) < 4.78 is 29.2. The van der Waals surface area contributed by atoms with Crippen molar-refractivity contribution in [3.8, 4) is 11.3 Å². The second-order valence-electron chi connectivity index (χ2n) is 11.6. The number of amides is 1. The Hall–Kier alpha value is -4.63. The van der Waals surface area contributed by atoms with Crippen molar-refractivity contribution >= 4 is 39.9 Å². The fourth-order valence-electron chi connectivity index (χ4n) is 5.75. The van der Waals surface area contributed by atoms with Gasteiger partial charge in [0.15, 0.2) is 11.2 Å². The van der Waals surface area contributed by atoms with Gasteiger partial charge in [-0.25, -0.2) is 14.6 Å². The number of aromatic nitrogens is 5. The first kappa shape index (κ1) is 33.3. The zero-order valence-electron chi connectivity index (χ0n) is 27.2. The molecular weight excluding hydrogens is 616 g/mol. The lowest BCUT2D eigenvalue weighted by atomic mass is 9.97. The predicted octanol–water partition coefficient (Wildman–Crippen LogP) is 3.60. The Morgan fingerprint density at radius 2 is 1.65 bits per heavy atom. The smallest absolute Gasteiger partial charge is 0.292 e. The maximum Gasteiger partial charge on any atom is 0.292 e. The number of nitrogens with two attached hydrogens (primary N) is 2. The second kappa shape index (κ2) is 16.0. The van der Waals surface area contributed by atoms with Crippen LogP contribution in [-0.2, 0) is 43.3 Å². The number of hydrogen-bond acceptors (Lipinski definition) is 12. The quantitative estimate of drug-likeness (QED) is 0.139. The summed E-state index contributed by atoms with van der Waals surface area (Å²) >= 11 is 0. The normalized spacial score (nSPS) is 13.1. The maximum atomic E-state index is 12.9. The van der Waals surface area contributed by atoms with Gasteiger partial charge in [0.1, 0.15) is 23.4 Å². The lowest BCUT2D eigenvalue weighted by Gasteiger charge is -2.29. The van der Waals surface area contributed by atoms with Crippen LogP contribution in [0.4, 0.5) is 11.8 Å². The van der Waals surface area contributed by atoms with Crippen molar-refractivity contribution in [1.82, 2.24) is 29.6 Å². The Bertz CT molecular complexity index is 1840. The number of oxazole rings is 1. The van der Waals surface area contributed by atoms with Gasteiger partial charge in [-0.15, -0.1) is 0 Å². The van der Waals surface area contributed by atoms with Gasteiger partial charge in [0.25, 0.3) is 6.01 Å². The Labute approximate surface area is 278 Å². The molecule has 0 aliphatic carbocycles. The van der Waals surface area contributed by atoms with E-state index < -0.39 is 0 Å². The number of fused-ring (bicyclic) bond motifs is 3. The summed E-state index contributed by atoms with van der Waals surface area (Å²) in [5, 5.41) is 5.59. The van der Waals surface area contributed by atoms with Crippen LogP contribution in [0.3, 0.4) is 0 Å². The highest BCUT2D eigenvalue weighted by Gasteiger charge is 2.22. The molecule has 14 heteroatoms. The molecule has 0 spiro atoms. The molecule has 6 rings (SSSR count). The molecule has 5 aromatic rings. The molecule has 0 unspecified atom stereocenters. The third kappa shape index (κ3) is 8.08. The molecule has 0 bridgehead atoms. The van der Waals surface area contributed by atoms with E-state index in [9.17, 15) is 4.79 Å². The van der Waals surface area contributed by atoms with E-state index in [0.29, 0.717) is 106 Å². The topological polar surface area (TPSA) is 179 Å². The SMILES string of the molecule is CCCOCCOCCOCCOCCC(=O)N1CCc2cc(Cn3nc(-c4ccc5oc(N)nc5c4)c4c(N)ncnc43)ccc2C1. The Balaban J connectivity index is 0.993. The van der Waals surface area contributed by atoms with E-state index in [1.165, 1.54) is 11.9 Å². The number of anilines is 2. The molecule has 0 fully saturated rings. The summed E-state index contributed by atoms with van der Waals surface area (Å²) in [6.07, 6.45) is 3.57. The molecule has 0 saturated heterocycles. The van der Waals surface area contributed by atoms with Gasteiger partial charge in [-0.05, 0) is 47.7 Å². The second-order valence-corrected chi connectivity index (χ2v) is 11.6. The van der Waals surface area contributed by atoms with Gasteiger partial charge in [0.05, 0.1) is 64.6 Å². The molecule has 48 heavy (non-hydrogen) atoms. The zero-order valence-corrected chi connectivity index (χ0v) is 27.2. The van der Waals surface area contributed by atoms with E-state index in [4.69, 9.17) is 39.9 Å². The van der Waals surface area contributed by atoms with E-state index in [1.54, 1.807) is 0 Å². The van der Waals surface area contributed by atoms with Gasteiger partial charge in [-0.1, -0.05) is 25.1 Å². The summed E-state index contributed by atoms with van der Waals surface area (Å²) in [5.41, 5.74) is 18.8. The zero-order chi connectivity index (χ0) is 33.3. The van der Waals surface area contributed by atoms with Crippen molar-refractivity contribution in [3.63, 3.8) is 0 Å². The number of nitrogens with zero attached hydrogens (tertiary/aromatic N) is 6. The van der Waals surface area contributed by atoms with Crippen LogP contribution in [0.5, 0.6) is 0 Å². The lowest BCUT2D eigenvalue weighted by molar-refractivity contribution is -0.133. The fraction of sp³-hybridized carbons (Fsp3) is 0.441. The van der Waals surface area contributed by atoms with E-state index >= 15 is 0 Å². The first-order valence-electron chi connectivity index (χ1n) is 16.3. The molecule has 4 N–H and O–H groups in total. The lowest BCUT2D eigenvalue weighted by Crippen LogP contribution is -2.36. The van der Waals surface area contributed by atoms with Crippen LogP contribution in [0.1, 0.15) is 36.5 Å². The summed E-state index contributed by atoms with van der Waals surface area (Å²) in [7, 11) is 0. The number of ether oxygens (including phenoxy) is 4. The van der Waals surface area contributed by atoms with Crippen molar-refractivity contribution in [2.45, 2.75) is 39.3 Å². The average molecular weight is 659 g/mol. The molecule has 3 aromatic heterocycles. The van der Waals surface area contributed by atoms with Crippen molar-refractivity contribution in [2.24, 2.45) is 0 Å². The van der Waals surface area contributed by atoms with Crippen molar-refractivity contribution < 1.29 is 28.2 Å². The van der Waals surface area contributed by atoms with E-state index in [-0.39, 0.29) is 11.9 Å². The third-order valence-electron chi connectivity index (χ3n) is 8.13. The fourth-order valence-corrected chi connectivity index (χ4v) is 5.75. The summed E-state index contributed by atoms with van der Waals surface area (Å²) in [4.78, 5) is 27.8. The number of hydrogen-bond donors (Lipinski definition) is 2. The van der Waals surface area contributed by atoms with Crippen LogP contribution in [0.15, 0.2) is 47.1 Å². The summed E-state index contributed by atoms with van der Waals surface area (Å²) in [5.74, 6) is 0.434. The van der Waals surface area contributed by atoms with E-state index in [2.05, 4.69) is 40.1 Å². The van der Waals surface area contributed by atoms with Crippen LogP contribution < -0.4 is 11.5 Å². The first-order valence-corrected chi connectivity index (χ1v) is 16.3. The number of nitrogen functional groups attached to an aromatic ring is 2. The predicted molar refractivity (Wildman–Crippen MR) is 180 cm³/mol. The largest absolute Gasteiger partial charge is 0.424 e. The van der Waals surface area contributed by atoms with Crippen molar-refractivity contribution in [2.75, 3.05) is 70.9 Å². The molecule has 0 saturated carbocycles. The summed E-state index contributed by atoms with van der Waals surface area (Å²) in [6.45, 7) is 8.04. The highest BCUT2D eigenvalue weighted by molar-refractivity contribution is 5.99. The minimum absolute atomic E-state index is 0.0867. The highest BCUT2D eigenvalue weighted by atomic mass is 16.6. The van der Waals surface area contributed by atoms with Gasteiger partial charge in [0.2, 0.25) is 5.91 Å². The van der Waals surface area contributed by atoms with Crippen molar-refractivity contribution in [3.05, 3.63) is 59.4 Å². The number of carbonyl (C=O) groups excluding carboxylic acids is 1. The number of benzene rings is 2. The standard InChI is InChI=1S/C34H42N8O6/c1-2-10-44-12-14-46-16-17-47-15-13-45-11-8-29(43)41-9-7-24-18-23(3-4-26(24)21-41)20-42-33-30(32(35)37-22-38-33)31(40-42)25-5-6-28-27(19-25)39-34(36)48-28/h3-6,18-19,22H,2,7-17,20-21H2,1H3,(H2,36,39)(H2,35,37,38). The Morgan fingerprint density at radius 3 is 2.42 bits per heavy atom. The van der Waals surface area contributed by atoms with Gasteiger partial charge in [0, 0.05) is 25.3 Å². The van der Waals surface area contributed by atoms with Crippen LogP contribution in [0.2, 0.25) is 0 Å². The molecule has 2 aromatic carbocycles. The maximum absolute atomic E-state index is 12.9. The highest BCUT2D eigenvalue weighted by Crippen LogP contribution is 2.33. The Kier molecular flexibility index (Phi) is 11.1. The number of rotatable bonds is 17. The molecule has 4 heterocycles. The third-order valence-corrected chi connectivity index (χ3v) is 8.13. The van der Waals surface area contributed by atoms with Crippen LogP contribution in [0, 0.1) is 0 Å². The molecule has 0 radical (unpaired) electrons. The van der Waals surface area contributed by atoms with Crippen LogP contribution >= 0.6 is 0 Å². The van der Waals surface area contributed by atoms with Crippen LogP contribution in [0.25, 0.3) is 33.4 Å². The minimum Gasteiger partial charge on any atom is -0.424 e. The van der Waals surface area contributed by atoms with E-state index in [0.717, 1.165) is 36.1 Å². The van der Waals surface area contributed by atoms with Gasteiger partial charge >= 0.3 is 0 Å². The monoisotopic (exact) mass is 658 g/mol. The molecular formula is C34H42N8O6. The van der Waals surface area contributed by atoms with Crippen LogP contribution in [-0.4, -0.2) is 94.9 Å². The summed E-state index contributed by atoms with van der Waals surface area (Å²) in [6, 6.07) is 12.0. The average Bonchev–Trinajstić information content (AvgIpc) is 3.66. The van der Waals surface area contributed by atoms with Crippen molar-refractivity contribution in [1.29, 1.82) is 0 Å². The molecule has 254 valence electrons.